The molecule has 5 nitrogen and oxygen atoms in total. The Morgan fingerprint density at radius 1 is 1.03 bits per heavy atom. The van der Waals surface area contributed by atoms with Crippen molar-refractivity contribution >= 4 is 22.5 Å². The van der Waals surface area contributed by atoms with Gasteiger partial charge in [0.05, 0.1) is 18.7 Å². The first kappa shape index (κ1) is 24.6. The largest absolute Gasteiger partial charge is 0.350 e. The molecule has 2 aromatic heterocycles. The van der Waals surface area contributed by atoms with E-state index in [0.29, 0.717) is 24.2 Å². The van der Waals surface area contributed by atoms with Crippen LogP contribution in [0.4, 0.5) is 0 Å². The first-order valence-corrected chi connectivity index (χ1v) is 12.0. The fourth-order valence-electron chi connectivity index (χ4n) is 3.63. The van der Waals surface area contributed by atoms with Crippen LogP contribution < -0.4 is 0 Å². The minimum absolute atomic E-state index is 0.0875. The zero-order valence-corrected chi connectivity index (χ0v) is 20.4. The van der Waals surface area contributed by atoms with Crippen molar-refractivity contribution in [3.63, 3.8) is 0 Å². The summed E-state index contributed by atoms with van der Waals surface area (Å²) in [6, 6.07) is 9.98. The number of rotatable bonds is 7. The Labute approximate surface area is 196 Å². The molecule has 0 N–H and O–H groups in total. The van der Waals surface area contributed by atoms with Gasteiger partial charge in [0.1, 0.15) is 5.15 Å². The molecule has 0 saturated carbocycles. The second-order valence-electron chi connectivity index (χ2n) is 8.68. The maximum atomic E-state index is 6.60. The van der Waals surface area contributed by atoms with E-state index < -0.39 is 0 Å². The lowest BCUT2D eigenvalue weighted by molar-refractivity contribution is -0.0476. The molecule has 0 atom stereocenters. The average Bonchev–Trinajstić information content (AvgIpc) is 3.28. The first-order valence-electron chi connectivity index (χ1n) is 11.6. The fourth-order valence-corrected chi connectivity index (χ4v) is 3.91. The monoisotopic (exact) mass is 455 g/mol. The zero-order valence-electron chi connectivity index (χ0n) is 19.6. The maximum Gasteiger partial charge on any atom is 0.161 e. The normalized spacial score (nSPS) is 14.1. The van der Waals surface area contributed by atoms with Crippen LogP contribution in [-0.2, 0) is 22.3 Å². The molecular formula is C26H34ClN3O2. The lowest BCUT2D eigenvalue weighted by Gasteiger charge is -2.14. The summed E-state index contributed by atoms with van der Waals surface area (Å²) >= 11 is 6.60. The molecule has 32 heavy (non-hydrogen) atoms. The van der Waals surface area contributed by atoms with E-state index in [2.05, 4.69) is 37.7 Å². The molecule has 1 saturated heterocycles. The van der Waals surface area contributed by atoms with Crippen molar-refractivity contribution in [1.82, 2.24) is 15.0 Å². The molecule has 3 aromatic rings. The molecule has 0 bridgehead atoms. The Bertz CT molecular complexity index is 996. The number of hydrogen-bond acceptors (Lipinski definition) is 5. The minimum Gasteiger partial charge on any atom is -0.350 e. The van der Waals surface area contributed by atoms with E-state index in [4.69, 9.17) is 26.1 Å². The molecule has 1 fully saturated rings. The van der Waals surface area contributed by atoms with Crippen LogP contribution in [-0.4, -0.2) is 34.5 Å². The van der Waals surface area contributed by atoms with E-state index in [1.807, 2.05) is 30.3 Å². The standard InChI is InChI=1S/C22H24ClN3O2.C4H10/c1-2-6-17-19(9-5-10-20-27-13-14-28-20)25-22(26-21(17)23)16-11-12-24-18-8-4-3-7-15(16)18;1-4(2)3/h3-4,7-8,11-12,20H,2,5-6,9-10,13-14H2,1H3;4H,1-3H3. The van der Waals surface area contributed by atoms with E-state index in [1.54, 1.807) is 6.20 Å². The van der Waals surface area contributed by atoms with Crippen molar-refractivity contribution in [2.45, 2.75) is 66.1 Å². The van der Waals surface area contributed by atoms with E-state index in [1.165, 1.54) is 0 Å². The van der Waals surface area contributed by atoms with Crippen molar-refractivity contribution in [2.24, 2.45) is 5.92 Å². The number of para-hydroxylation sites is 1. The summed E-state index contributed by atoms with van der Waals surface area (Å²) in [5.74, 6) is 1.49. The number of ether oxygens (including phenoxy) is 2. The molecule has 1 aromatic carbocycles. The summed E-state index contributed by atoms with van der Waals surface area (Å²) in [7, 11) is 0. The molecule has 0 radical (unpaired) electrons. The summed E-state index contributed by atoms with van der Waals surface area (Å²) in [5.41, 5.74) is 3.96. The lowest BCUT2D eigenvalue weighted by atomic mass is 10.0. The highest BCUT2D eigenvalue weighted by Gasteiger charge is 2.18. The van der Waals surface area contributed by atoms with Gasteiger partial charge in [0.15, 0.2) is 12.1 Å². The summed E-state index contributed by atoms with van der Waals surface area (Å²) < 4.78 is 11.1. The van der Waals surface area contributed by atoms with Crippen LogP contribution in [0, 0.1) is 5.92 Å². The number of fused-ring (bicyclic) bond motifs is 1. The molecule has 1 aliphatic heterocycles. The minimum atomic E-state index is -0.0875. The van der Waals surface area contributed by atoms with Crippen molar-refractivity contribution in [3.8, 4) is 11.4 Å². The van der Waals surface area contributed by atoms with Crippen LogP contribution in [0.25, 0.3) is 22.3 Å². The third-order valence-electron chi connectivity index (χ3n) is 4.98. The predicted octanol–water partition coefficient (Wildman–Crippen LogP) is 6.66. The quantitative estimate of drug-likeness (QED) is 0.373. The number of aryl methyl sites for hydroxylation is 1. The summed E-state index contributed by atoms with van der Waals surface area (Å²) in [5, 5.41) is 1.58. The molecule has 4 rings (SSSR count). The predicted molar refractivity (Wildman–Crippen MR) is 131 cm³/mol. The van der Waals surface area contributed by atoms with Gasteiger partial charge in [-0.3, -0.25) is 4.98 Å². The first-order chi connectivity index (χ1) is 15.5. The van der Waals surface area contributed by atoms with Crippen molar-refractivity contribution in [2.75, 3.05) is 13.2 Å². The van der Waals surface area contributed by atoms with Crippen molar-refractivity contribution in [1.29, 1.82) is 0 Å². The molecule has 0 spiro atoms. The van der Waals surface area contributed by atoms with Gasteiger partial charge in [0.2, 0.25) is 0 Å². The highest BCUT2D eigenvalue weighted by Crippen LogP contribution is 2.29. The summed E-state index contributed by atoms with van der Waals surface area (Å²) in [6.45, 7) is 10.0. The van der Waals surface area contributed by atoms with Crippen LogP contribution in [0.1, 0.15) is 58.2 Å². The van der Waals surface area contributed by atoms with Gasteiger partial charge in [0, 0.05) is 28.4 Å². The Hall–Kier alpha value is -2.08. The van der Waals surface area contributed by atoms with E-state index in [-0.39, 0.29) is 6.29 Å². The molecule has 3 heterocycles. The molecule has 0 amide bonds. The number of hydrogen-bond donors (Lipinski definition) is 0. The van der Waals surface area contributed by atoms with Crippen LogP contribution in [0.5, 0.6) is 0 Å². The highest BCUT2D eigenvalue weighted by atomic mass is 35.5. The van der Waals surface area contributed by atoms with Gasteiger partial charge in [-0.1, -0.05) is 63.9 Å². The zero-order chi connectivity index (χ0) is 22.9. The van der Waals surface area contributed by atoms with E-state index in [0.717, 1.165) is 65.7 Å². The smallest absolute Gasteiger partial charge is 0.161 e. The highest BCUT2D eigenvalue weighted by molar-refractivity contribution is 6.30. The van der Waals surface area contributed by atoms with Gasteiger partial charge in [-0.05, 0) is 43.7 Å². The molecule has 1 aliphatic rings. The number of pyridine rings is 1. The van der Waals surface area contributed by atoms with Gasteiger partial charge in [0.25, 0.3) is 0 Å². The number of halogens is 1. The van der Waals surface area contributed by atoms with Crippen LogP contribution in [0.2, 0.25) is 5.15 Å². The Kier molecular flexibility index (Phi) is 9.39. The Morgan fingerprint density at radius 2 is 1.75 bits per heavy atom. The molecule has 0 unspecified atom stereocenters. The molecule has 172 valence electrons. The second kappa shape index (κ2) is 12.2. The number of nitrogens with zero attached hydrogens (tertiary/aromatic N) is 3. The van der Waals surface area contributed by atoms with Gasteiger partial charge in [-0.2, -0.15) is 0 Å². The average molecular weight is 456 g/mol. The van der Waals surface area contributed by atoms with E-state index >= 15 is 0 Å². The fraction of sp³-hybridized carbons (Fsp3) is 0.500. The third-order valence-corrected chi connectivity index (χ3v) is 5.29. The van der Waals surface area contributed by atoms with Gasteiger partial charge in [-0.15, -0.1) is 0 Å². The summed E-state index contributed by atoms with van der Waals surface area (Å²) in [4.78, 5) is 14.0. The van der Waals surface area contributed by atoms with Gasteiger partial charge < -0.3 is 9.47 Å². The van der Waals surface area contributed by atoms with Crippen molar-refractivity contribution in [3.05, 3.63) is 52.9 Å². The van der Waals surface area contributed by atoms with Crippen LogP contribution >= 0.6 is 11.6 Å². The third kappa shape index (κ3) is 6.71. The molecular weight excluding hydrogens is 422 g/mol. The molecule has 0 aliphatic carbocycles. The lowest BCUT2D eigenvalue weighted by Crippen LogP contribution is -2.09. The van der Waals surface area contributed by atoms with Crippen LogP contribution in [0.3, 0.4) is 0 Å². The SMILES string of the molecule is CC(C)C.CCCc1c(Cl)nc(-c2ccnc3ccccc23)nc1CCCC1OCCO1. The van der Waals surface area contributed by atoms with Crippen molar-refractivity contribution < 1.29 is 9.47 Å². The molecule has 6 heteroatoms. The maximum absolute atomic E-state index is 6.60. The summed E-state index contributed by atoms with van der Waals surface area (Å²) in [6.07, 6.45) is 6.21. The van der Waals surface area contributed by atoms with Gasteiger partial charge >= 0.3 is 0 Å². The number of aromatic nitrogens is 3. The van der Waals surface area contributed by atoms with E-state index in [9.17, 15) is 0 Å². The van der Waals surface area contributed by atoms with Crippen LogP contribution in [0.15, 0.2) is 36.5 Å². The van der Waals surface area contributed by atoms with Gasteiger partial charge in [-0.25, -0.2) is 9.97 Å². The topological polar surface area (TPSA) is 57.1 Å². The Balaban J connectivity index is 0.000000668. The number of benzene rings is 1. The Morgan fingerprint density at radius 3 is 2.47 bits per heavy atom. The second-order valence-corrected chi connectivity index (χ2v) is 9.04.